The maximum atomic E-state index is 12.2. The van der Waals surface area contributed by atoms with Gasteiger partial charge in [0.25, 0.3) is 0 Å². The zero-order valence-electron chi connectivity index (χ0n) is 13.1. The van der Waals surface area contributed by atoms with E-state index < -0.39 is 0 Å². The molecule has 0 saturated carbocycles. The molecular formula is C16H21N5O2. The normalized spacial score (nSPS) is 18.6. The van der Waals surface area contributed by atoms with E-state index in [2.05, 4.69) is 27.9 Å². The lowest BCUT2D eigenvalue weighted by Gasteiger charge is -2.23. The second-order valence-corrected chi connectivity index (χ2v) is 5.56. The molecule has 2 heterocycles. The smallest absolute Gasteiger partial charge is 0.319 e. The van der Waals surface area contributed by atoms with E-state index in [1.807, 2.05) is 24.3 Å². The average molecular weight is 315 g/mol. The van der Waals surface area contributed by atoms with Crippen molar-refractivity contribution in [2.24, 2.45) is 0 Å². The van der Waals surface area contributed by atoms with Gasteiger partial charge in [0.1, 0.15) is 0 Å². The molecule has 0 bridgehead atoms. The number of urea groups is 1. The van der Waals surface area contributed by atoms with Crippen LogP contribution in [0, 0.1) is 0 Å². The SMILES string of the molecule is CC[C@@H](NC(=O)Nc1cccc(-n2ccnn2)c1)[C@@H]1CCCO1. The minimum atomic E-state index is -0.219. The summed E-state index contributed by atoms with van der Waals surface area (Å²) in [6.45, 7) is 2.84. The van der Waals surface area contributed by atoms with Gasteiger partial charge < -0.3 is 15.4 Å². The lowest BCUT2D eigenvalue weighted by Crippen LogP contribution is -2.44. The Labute approximate surface area is 135 Å². The largest absolute Gasteiger partial charge is 0.376 e. The van der Waals surface area contributed by atoms with Gasteiger partial charge in [-0.25, -0.2) is 9.48 Å². The van der Waals surface area contributed by atoms with Gasteiger partial charge in [-0.15, -0.1) is 5.10 Å². The first-order chi connectivity index (χ1) is 11.3. The molecule has 2 atom stereocenters. The molecule has 1 aliphatic rings. The van der Waals surface area contributed by atoms with E-state index in [0.29, 0.717) is 5.69 Å². The van der Waals surface area contributed by atoms with Crippen molar-refractivity contribution in [1.82, 2.24) is 20.3 Å². The van der Waals surface area contributed by atoms with Gasteiger partial charge in [-0.3, -0.25) is 0 Å². The van der Waals surface area contributed by atoms with Crippen LogP contribution in [0.4, 0.5) is 10.5 Å². The Morgan fingerprint density at radius 2 is 2.43 bits per heavy atom. The third-order valence-corrected chi connectivity index (χ3v) is 3.96. The third kappa shape index (κ3) is 3.87. The van der Waals surface area contributed by atoms with Crippen molar-refractivity contribution in [3.8, 4) is 5.69 Å². The van der Waals surface area contributed by atoms with Gasteiger partial charge in [0.15, 0.2) is 0 Å². The average Bonchev–Trinajstić information content (AvgIpc) is 3.26. The summed E-state index contributed by atoms with van der Waals surface area (Å²) in [5.74, 6) is 0. The van der Waals surface area contributed by atoms with Crippen LogP contribution >= 0.6 is 0 Å². The Balaban J connectivity index is 1.62. The highest BCUT2D eigenvalue weighted by Crippen LogP contribution is 2.18. The maximum Gasteiger partial charge on any atom is 0.319 e. The Morgan fingerprint density at radius 1 is 1.52 bits per heavy atom. The molecule has 1 aromatic heterocycles. The number of ether oxygens (including phenoxy) is 1. The van der Waals surface area contributed by atoms with Crippen LogP contribution in [0.5, 0.6) is 0 Å². The lowest BCUT2D eigenvalue weighted by molar-refractivity contribution is 0.0804. The monoisotopic (exact) mass is 315 g/mol. The molecule has 0 unspecified atom stereocenters. The highest BCUT2D eigenvalue weighted by molar-refractivity contribution is 5.89. The number of carbonyl (C=O) groups is 1. The lowest BCUT2D eigenvalue weighted by atomic mass is 10.1. The fraction of sp³-hybridized carbons (Fsp3) is 0.438. The van der Waals surface area contributed by atoms with Crippen molar-refractivity contribution in [1.29, 1.82) is 0 Å². The third-order valence-electron chi connectivity index (χ3n) is 3.96. The number of anilines is 1. The summed E-state index contributed by atoms with van der Waals surface area (Å²) in [4.78, 5) is 12.2. The van der Waals surface area contributed by atoms with E-state index in [9.17, 15) is 4.79 Å². The minimum Gasteiger partial charge on any atom is -0.376 e. The fourth-order valence-electron chi connectivity index (χ4n) is 2.79. The Hall–Kier alpha value is -2.41. The summed E-state index contributed by atoms with van der Waals surface area (Å²) < 4.78 is 7.31. The standard InChI is InChI=1S/C16H21N5O2/c1-2-14(15-7-4-10-23-15)19-16(22)18-12-5-3-6-13(11-12)21-9-8-17-20-21/h3,5-6,8-9,11,14-15H,2,4,7,10H2,1H3,(H2,18,19,22)/t14-,15+/m1/s1. The predicted octanol–water partition coefficient (Wildman–Crippen LogP) is 2.35. The molecule has 2 N–H and O–H groups in total. The van der Waals surface area contributed by atoms with Crippen molar-refractivity contribution >= 4 is 11.7 Å². The van der Waals surface area contributed by atoms with Gasteiger partial charge in [0, 0.05) is 12.3 Å². The number of hydrogen-bond donors (Lipinski definition) is 2. The molecule has 0 radical (unpaired) electrons. The van der Waals surface area contributed by atoms with Crippen molar-refractivity contribution in [3.05, 3.63) is 36.7 Å². The molecule has 1 aromatic carbocycles. The van der Waals surface area contributed by atoms with Gasteiger partial charge in [-0.2, -0.15) is 0 Å². The Kier molecular flexibility index (Phi) is 4.87. The highest BCUT2D eigenvalue weighted by atomic mass is 16.5. The van der Waals surface area contributed by atoms with Crippen LogP contribution in [0.15, 0.2) is 36.7 Å². The van der Waals surface area contributed by atoms with Crippen LogP contribution in [-0.4, -0.2) is 39.8 Å². The fourth-order valence-corrected chi connectivity index (χ4v) is 2.79. The number of benzene rings is 1. The second kappa shape index (κ2) is 7.23. The first-order valence-corrected chi connectivity index (χ1v) is 7.92. The molecule has 2 aromatic rings. The number of aromatic nitrogens is 3. The van der Waals surface area contributed by atoms with Gasteiger partial charge >= 0.3 is 6.03 Å². The van der Waals surface area contributed by atoms with Crippen molar-refractivity contribution in [3.63, 3.8) is 0 Å². The zero-order chi connectivity index (χ0) is 16.1. The number of rotatable bonds is 5. The summed E-state index contributed by atoms with van der Waals surface area (Å²) in [5.41, 5.74) is 1.55. The van der Waals surface area contributed by atoms with Crippen molar-refractivity contribution in [2.75, 3.05) is 11.9 Å². The summed E-state index contributed by atoms with van der Waals surface area (Å²) >= 11 is 0. The predicted molar refractivity (Wildman–Crippen MR) is 86.6 cm³/mol. The molecule has 1 fully saturated rings. The van der Waals surface area contributed by atoms with E-state index in [0.717, 1.165) is 31.6 Å². The van der Waals surface area contributed by atoms with Crippen molar-refractivity contribution < 1.29 is 9.53 Å². The van der Waals surface area contributed by atoms with Gasteiger partial charge in [-0.05, 0) is 37.5 Å². The number of amides is 2. The quantitative estimate of drug-likeness (QED) is 0.887. The Bertz CT molecular complexity index is 638. The van der Waals surface area contributed by atoms with E-state index >= 15 is 0 Å². The number of nitrogens with zero attached hydrogens (tertiary/aromatic N) is 3. The molecule has 1 saturated heterocycles. The number of nitrogens with one attached hydrogen (secondary N) is 2. The van der Waals surface area contributed by atoms with Crippen LogP contribution in [0.3, 0.4) is 0 Å². The zero-order valence-corrected chi connectivity index (χ0v) is 13.1. The van der Waals surface area contributed by atoms with Gasteiger partial charge in [0.05, 0.1) is 30.2 Å². The summed E-state index contributed by atoms with van der Waals surface area (Å²) in [5, 5.41) is 13.6. The molecule has 0 spiro atoms. The summed E-state index contributed by atoms with van der Waals surface area (Å²) in [7, 11) is 0. The molecule has 7 nitrogen and oxygen atoms in total. The summed E-state index contributed by atoms with van der Waals surface area (Å²) in [6.07, 6.45) is 6.39. The first kappa shape index (κ1) is 15.5. The van der Waals surface area contributed by atoms with Gasteiger partial charge in [0.2, 0.25) is 0 Å². The molecule has 3 rings (SSSR count). The van der Waals surface area contributed by atoms with Crippen LogP contribution in [-0.2, 0) is 4.74 Å². The molecule has 122 valence electrons. The van der Waals surface area contributed by atoms with Crippen LogP contribution in [0.1, 0.15) is 26.2 Å². The Morgan fingerprint density at radius 3 is 3.13 bits per heavy atom. The molecule has 0 aliphatic carbocycles. The molecule has 2 amide bonds. The van der Waals surface area contributed by atoms with Gasteiger partial charge in [-0.1, -0.05) is 18.2 Å². The minimum absolute atomic E-state index is 0.0380. The first-order valence-electron chi connectivity index (χ1n) is 7.92. The second-order valence-electron chi connectivity index (χ2n) is 5.56. The highest BCUT2D eigenvalue weighted by Gasteiger charge is 2.25. The van der Waals surface area contributed by atoms with E-state index in [1.165, 1.54) is 0 Å². The topological polar surface area (TPSA) is 81.1 Å². The van der Waals surface area contributed by atoms with E-state index in [1.54, 1.807) is 17.1 Å². The summed E-state index contributed by atoms with van der Waals surface area (Å²) in [6, 6.07) is 7.27. The molecule has 7 heteroatoms. The molecule has 23 heavy (non-hydrogen) atoms. The molecule has 1 aliphatic heterocycles. The molecular weight excluding hydrogens is 294 g/mol. The number of hydrogen-bond acceptors (Lipinski definition) is 4. The van der Waals surface area contributed by atoms with E-state index in [4.69, 9.17) is 4.74 Å². The number of carbonyl (C=O) groups excluding carboxylic acids is 1. The van der Waals surface area contributed by atoms with Crippen LogP contribution in [0.25, 0.3) is 5.69 Å². The van der Waals surface area contributed by atoms with E-state index in [-0.39, 0.29) is 18.2 Å². The maximum absolute atomic E-state index is 12.2. The van der Waals surface area contributed by atoms with Crippen LogP contribution in [0.2, 0.25) is 0 Å². The van der Waals surface area contributed by atoms with Crippen LogP contribution < -0.4 is 10.6 Å². The van der Waals surface area contributed by atoms with Crippen molar-refractivity contribution in [2.45, 2.75) is 38.3 Å².